The van der Waals surface area contributed by atoms with Crippen molar-refractivity contribution in [2.45, 2.75) is 13.1 Å². The van der Waals surface area contributed by atoms with E-state index in [4.69, 9.17) is 0 Å². The number of quaternary nitrogens is 1. The molecule has 5 heteroatoms. The van der Waals surface area contributed by atoms with E-state index in [9.17, 15) is 13.6 Å². The minimum Gasteiger partial charge on any atom is -0.348 e. The summed E-state index contributed by atoms with van der Waals surface area (Å²) in [7, 11) is 4.16. The fraction of sp³-hybridized carbons (Fsp3) is 0.235. The molecule has 0 radical (unpaired) electrons. The lowest BCUT2D eigenvalue weighted by Gasteiger charge is -2.09. The first-order chi connectivity index (χ1) is 10.5. The van der Waals surface area contributed by atoms with Gasteiger partial charge in [-0.2, -0.15) is 0 Å². The molecule has 0 aliphatic rings. The van der Waals surface area contributed by atoms with E-state index in [1.54, 1.807) is 0 Å². The number of rotatable bonds is 5. The fourth-order valence-electron chi connectivity index (χ4n) is 2.10. The number of carbonyl (C=O) groups excluding carboxylic acids is 1. The molecule has 0 bridgehead atoms. The highest BCUT2D eigenvalue weighted by atomic mass is 19.2. The number of halogens is 2. The van der Waals surface area contributed by atoms with Crippen LogP contribution < -0.4 is 10.2 Å². The molecule has 1 amide bonds. The summed E-state index contributed by atoms with van der Waals surface area (Å²) in [6.07, 6.45) is 0. The van der Waals surface area contributed by atoms with E-state index in [0.29, 0.717) is 6.54 Å². The summed E-state index contributed by atoms with van der Waals surface area (Å²) in [5.41, 5.74) is 2.27. The van der Waals surface area contributed by atoms with Gasteiger partial charge in [0.25, 0.3) is 5.91 Å². The zero-order valence-corrected chi connectivity index (χ0v) is 12.6. The summed E-state index contributed by atoms with van der Waals surface area (Å²) in [4.78, 5) is 13.2. The van der Waals surface area contributed by atoms with Gasteiger partial charge in [-0.1, -0.05) is 24.3 Å². The van der Waals surface area contributed by atoms with Gasteiger partial charge in [0.2, 0.25) is 0 Å². The highest BCUT2D eigenvalue weighted by Crippen LogP contribution is 2.09. The maximum absolute atomic E-state index is 13.1. The molecule has 2 N–H and O–H groups in total. The minimum absolute atomic E-state index is 0.103. The van der Waals surface area contributed by atoms with Crippen LogP contribution in [-0.2, 0) is 13.1 Å². The van der Waals surface area contributed by atoms with E-state index in [1.807, 2.05) is 24.3 Å². The van der Waals surface area contributed by atoms with Crippen molar-refractivity contribution in [3.8, 4) is 0 Å². The molecule has 0 saturated carbocycles. The zero-order valence-electron chi connectivity index (χ0n) is 12.6. The molecule has 0 aliphatic heterocycles. The monoisotopic (exact) mass is 305 g/mol. The van der Waals surface area contributed by atoms with Crippen molar-refractivity contribution in [1.29, 1.82) is 0 Å². The van der Waals surface area contributed by atoms with Crippen LogP contribution >= 0.6 is 0 Å². The first-order valence-electron chi connectivity index (χ1n) is 7.06. The van der Waals surface area contributed by atoms with Crippen LogP contribution in [0.1, 0.15) is 21.5 Å². The van der Waals surface area contributed by atoms with E-state index in [1.165, 1.54) is 16.5 Å². The third kappa shape index (κ3) is 4.36. The van der Waals surface area contributed by atoms with E-state index in [0.717, 1.165) is 24.2 Å². The fourth-order valence-corrected chi connectivity index (χ4v) is 2.10. The Hall–Kier alpha value is -2.27. The zero-order chi connectivity index (χ0) is 16.1. The van der Waals surface area contributed by atoms with Gasteiger partial charge in [-0.15, -0.1) is 0 Å². The number of hydrogen-bond acceptors (Lipinski definition) is 1. The molecule has 22 heavy (non-hydrogen) atoms. The molecule has 3 nitrogen and oxygen atoms in total. The predicted octanol–water partition coefficient (Wildman–Crippen LogP) is 1.54. The van der Waals surface area contributed by atoms with Gasteiger partial charge in [-0.25, -0.2) is 8.78 Å². The molecular formula is C17H19F2N2O+. The van der Waals surface area contributed by atoms with Crippen LogP contribution in [0.3, 0.4) is 0 Å². The Bertz CT molecular complexity index is 654. The van der Waals surface area contributed by atoms with Crippen molar-refractivity contribution in [1.82, 2.24) is 5.32 Å². The number of amides is 1. The van der Waals surface area contributed by atoms with Crippen molar-refractivity contribution in [2.24, 2.45) is 0 Å². The SMILES string of the molecule is C[NH+](C)Cc1ccc(CNC(=O)c2ccc(F)c(F)c2)cc1. The van der Waals surface area contributed by atoms with Crippen LogP contribution in [0.15, 0.2) is 42.5 Å². The Morgan fingerprint density at radius 1 is 1.00 bits per heavy atom. The van der Waals surface area contributed by atoms with Crippen LogP contribution in [0.25, 0.3) is 0 Å². The molecule has 2 rings (SSSR count). The minimum atomic E-state index is -1.02. The third-order valence-electron chi connectivity index (χ3n) is 3.22. The Kier molecular flexibility index (Phi) is 5.22. The topological polar surface area (TPSA) is 33.5 Å². The van der Waals surface area contributed by atoms with E-state index in [2.05, 4.69) is 19.4 Å². The lowest BCUT2D eigenvalue weighted by atomic mass is 10.1. The van der Waals surface area contributed by atoms with Gasteiger partial charge in [0.1, 0.15) is 6.54 Å². The van der Waals surface area contributed by atoms with Gasteiger partial charge in [0, 0.05) is 17.7 Å². The third-order valence-corrected chi connectivity index (χ3v) is 3.22. The summed E-state index contributed by atoms with van der Waals surface area (Å²) < 4.78 is 25.9. The summed E-state index contributed by atoms with van der Waals surface area (Å²) in [5, 5.41) is 2.69. The van der Waals surface area contributed by atoms with Gasteiger partial charge < -0.3 is 10.2 Å². The molecule has 116 valence electrons. The number of benzene rings is 2. The Balaban J connectivity index is 1.94. The van der Waals surface area contributed by atoms with Gasteiger partial charge in [0.15, 0.2) is 11.6 Å². The maximum Gasteiger partial charge on any atom is 0.251 e. The molecule has 0 atom stereocenters. The van der Waals surface area contributed by atoms with Crippen molar-refractivity contribution in [2.75, 3.05) is 14.1 Å². The van der Waals surface area contributed by atoms with Crippen molar-refractivity contribution < 1.29 is 18.5 Å². The molecule has 0 fully saturated rings. The second kappa shape index (κ2) is 7.13. The molecule has 0 spiro atoms. The van der Waals surface area contributed by atoms with Gasteiger partial charge in [-0.05, 0) is 23.8 Å². The quantitative estimate of drug-likeness (QED) is 0.863. The van der Waals surface area contributed by atoms with E-state index >= 15 is 0 Å². The average molecular weight is 305 g/mol. The molecule has 0 unspecified atom stereocenters. The standard InChI is InChI=1S/C17H18F2N2O/c1-21(2)11-13-5-3-12(4-6-13)10-20-17(22)14-7-8-15(18)16(19)9-14/h3-9H,10-11H2,1-2H3,(H,20,22)/p+1. The molecule has 0 heterocycles. The molecular weight excluding hydrogens is 286 g/mol. The van der Waals surface area contributed by atoms with E-state index in [-0.39, 0.29) is 5.56 Å². The average Bonchev–Trinajstić information content (AvgIpc) is 2.48. The Morgan fingerprint density at radius 2 is 1.64 bits per heavy atom. The predicted molar refractivity (Wildman–Crippen MR) is 80.5 cm³/mol. The maximum atomic E-state index is 13.1. The van der Waals surface area contributed by atoms with Crippen LogP contribution in [0.4, 0.5) is 8.78 Å². The second-order valence-electron chi connectivity index (χ2n) is 5.51. The highest BCUT2D eigenvalue weighted by Gasteiger charge is 2.09. The smallest absolute Gasteiger partial charge is 0.251 e. The summed E-state index contributed by atoms with van der Waals surface area (Å²) in [5.74, 6) is -2.42. The molecule has 2 aromatic rings. The molecule has 0 aliphatic carbocycles. The van der Waals surface area contributed by atoms with Crippen LogP contribution in [0.5, 0.6) is 0 Å². The second-order valence-corrected chi connectivity index (χ2v) is 5.51. The first-order valence-corrected chi connectivity index (χ1v) is 7.06. The molecule has 2 aromatic carbocycles. The van der Waals surface area contributed by atoms with Gasteiger partial charge in [-0.3, -0.25) is 4.79 Å². The lowest BCUT2D eigenvalue weighted by Crippen LogP contribution is -3.04. The normalized spacial score (nSPS) is 10.8. The van der Waals surface area contributed by atoms with Crippen LogP contribution in [0.2, 0.25) is 0 Å². The van der Waals surface area contributed by atoms with Crippen LogP contribution in [0, 0.1) is 11.6 Å². The van der Waals surface area contributed by atoms with E-state index < -0.39 is 17.5 Å². The van der Waals surface area contributed by atoms with Crippen molar-refractivity contribution in [3.63, 3.8) is 0 Å². The van der Waals surface area contributed by atoms with Crippen LogP contribution in [-0.4, -0.2) is 20.0 Å². The largest absolute Gasteiger partial charge is 0.348 e. The highest BCUT2D eigenvalue weighted by molar-refractivity contribution is 5.94. The Labute approximate surface area is 128 Å². The summed E-state index contributed by atoms with van der Waals surface area (Å²) >= 11 is 0. The lowest BCUT2D eigenvalue weighted by molar-refractivity contribution is -0.872. The summed E-state index contributed by atoms with van der Waals surface area (Å²) in [6.45, 7) is 1.27. The number of nitrogens with one attached hydrogen (secondary N) is 2. The van der Waals surface area contributed by atoms with Crippen molar-refractivity contribution >= 4 is 5.91 Å². The van der Waals surface area contributed by atoms with Gasteiger partial charge >= 0.3 is 0 Å². The Morgan fingerprint density at radius 3 is 2.23 bits per heavy atom. The number of hydrogen-bond donors (Lipinski definition) is 2. The van der Waals surface area contributed by atoms with Gasteiger partial charge in [0.05, 0.1) is 14.1 Å². The molecule has 0 saturated heterocycles. The molecule has 0 aromatic heterocycles. The first kappa shape index (κ1) is 16.1. The number of carbonyl (C=O) groups is 1. The van der Waals surface area contributed by atoms with Crippen molar-refractivity contribution in [3.05, 3.63) is 70.8 Å². The summed E-state index contributed by atoms with van der Waals surface area (Å²) in [6, 6.07) is 11.0.